The normalized spacial score (nSPS) is 28.9. The Bertz CT molecular complexity index is 1490. The Morgan fingerprint density at radius 3 is 2.29 bits per heavy atom. The number of likely N-dealkylation sites (tertiary alicyclic amines) is 2. The molecule has 3 heterocycles. The van der Waals surface area contributed by atoms with E-state index in [1.165, 1.54) is 28.8 Å². The number of piperidine rings is 1. The lowest BCUT2D eigenvalue weighted by Crippen LogP contribution is -2.50. The molecule has 3 saturated heterocycles. The second-order valence-electron chi connectivity index (χ2n) is 13.9. The van der Waals surface area contributed by atoms with Gasteiger partial charge in [0, 0.05) is 61.2 Å². The van der Waals surface area contributed by atoms with Gasteiger partial charge in [-0.2, -0.15) is 0 Å². The van der Waals surface area contributed by atoms with E-state index in [4.69, 9.17) is 0 Å². The summed E-state index contributed by atoms with van der Waals surface area (Å²) in [6.07, 6.45) is 1.86. The first-order valence-electron chi connectivity index (χ1n) is 15.5. The summed E-state index contributed by atoms with van der Waals surface area (Å²) in [5.41, 5.74) is 4.60. The molecule has 1 unspecified atom stereocenters. The Balaban J connectivity index is 1.13. The molecular formula is C36H41F2N3O. The molecular weight excluding hydrogens is 528 g/mol. The molecule has 3 aromatic carbocycles. The maximum Gasteiger partial charge on any atom is 0.227 e. The van der Waals surface area contributed by atoms with Crippen LogP contribution >= 0.6 is 0 Å². The molecule has 6 heteroatoms. The van der Waals surface area contributed by atoms with Gasteiger partial charge in [-0.1, -0.05) is 60.7 Å². The van der Waals surface area contributed by atoms with Crippen molar-refractivity contribution in [3.05, 3.63) is 107 Å². The second-order valence-corrected chi connectivity index (χ2v) is 13.9. The van der Waals surface area contributed by atoms with Crippen molar-refractivity contribution in [1.82, 2.24) is 14.7 Å². The third-order valence-electron chi connectivity index (χ3n) is 10.9. The predicted molar refractivity (Wildman–Crippen MR) is 161 cm³/mol. The lowest BCUT2D eigenvalue weighted by atomic mass is 9.72. The first kappa shape index (κ1) is 27.7. The van der Waals surface area contributed by atoms with E-state index in [9.17, 15) is 9.18 Å². The number of amides is 1. The van der Waals surface area contributed by atoms with Crippen LogP contribution in [0.3, 0.4) is 0 Å². The molecule has 3 aliphatic heterocycles. The zero-order chi connectivity index (χ0) is 29.4. The van der Waals surface area contributed by atoms with Gasteiger partial charge in [0.25, 0.3) is 0 Å². The molecule has 3 aromatic rings. The van der Waals surface area contributed by atoms with Gasteiger partial charge in [0.05, 0.1) is 12.0 Å². The number of carbonyl (C=O) groups excluding carboxylic acids is 1. The average molecular weight is 570 g/mol. The maximum atomic E-state index is 15.0. The van der Waals surface area contributed by atoms with Gasteiger partial charge in [0.1, 0.15) is 11.6 Å². The summed E-state index contributed by atoms with van der Waals surface area (Å²) in [4.78, 5) is 21.2. The lowest BCUT2D eigenvalue weighted by molar-refractivity contribution is -0.137. The first-order valence-corrected chi connectivity index (χ1v) is 15.5. The molecule has 1 amide bonds. The minimum Gasteiger partial charge on any atom is -0.342 e. The van der Waals surface area contributed by atoms with Crippen LogP contribution in [0.5, 0.6) is 0 Å². The number of carbonyl (C=O) groups is 1. The number of halogens is 2. The molecule has 1 spiro atoms. The fourth-order valence-corrected chi connectivity index (χ4v) is 8.56. The van der Waals surface area contributed by atoms with Gasteiger partial charge >= 0.3 is 0 Å². The molecule has 42 heavy (non-hydrogen) atoms. The minimum absolute atomic E-state index is 0.0384. The van der Waals surface area contributed by atoms with Crippen LogP contribution in [0.1, 0.15) is 80.8 Å². The van der Waals surface area contributed by atoms with Gasteiger partial charge in [0.2, 0.25) is 5.91 Å². The fraction of sp³-hybridized carbons (Fsp3) is 0.472. The summed E-state index contributed by atoms with van der Waals surface area (Å²) >= 11 is 0. The zero-order valence-corrected chi connectivity index (χ0v) is 25.1. The zero-order valence-electron chi connectivity index (χ0n) is 25.1. The van der Waals surface area contributed by atoms with Crippen LogP contribution in [0.4, 0.5) is 8.78 Å². The molecule has 7 rings (SSSR count). The highest BCUT2D eigenvalue weighted by molar-refractivity contribution is 5.81. The van der Waals surface area contributed by atoms with Crippen molar-refractivity contribution in [2.75, 3.05) is 26.2 Å². The van der Waals surface area contributed by atoms with Crippen molar-refractivity contribution < 1.29 is 13.6 Å². The number of nitrogens with zero attached hydrogens (tertiary/aromatic N) is 3. The predicted octanol–water partition coefficient (Wildman–Crippen LogP) is 6.84. The van der Waals surface area contributed by atoms with Crippen molar-refractivity contribution in [3.8, 4) is 0 Å². The van der Waals surface area contributed by atoms with E-state index in [1.54, 1.807) is 0 Å². The molecule has 0 bridgehead atoms. The highest BCUT2D eigenvalue weighted by Crippen LogP contribution is 2.66. The van der Waals surface area contributed by atoms with E-state index in [0.717, 1.165) is 18.9 Å². The summed E-state index contributed by atoms with van der Waals surface area (Å²) in [7, 11) is 0. The number of hydrogen-bond donors (Lipinski definition) is 0. The molecule has 0 N–H and O–H groups in total. The van der Waals surface area contributed by atoms with Crippen molar-refractivity contribution in [2.24, 2.45) is 5.92 Å². The number of rotatable bonds is 4. The summed E-state index contributed by atoms with van der Waals surface area (Å²) in [6, 6.07) is 24.7. The van der Waals surface area contributed by atoms with Crippen molar-refractivity contribution >= 4 is 5.91 Å². The van der Waals surface area contributed by atoms with Crippen molar-refractivity contribution in [2.45, 2.75) is 75.5 Å². The molecule has 1 aliphatic carbocycles. The monoisotopic (exact) mass is 569 g/mol. The van der Waals surface area contributed by atoms with Crippen molar-refractivity contribution in [1.29, 1.82) is 0 Å². The Hall–Kier alpha value is -3.09. The molecule has 4 nitrogen and oxygen atoms in total. The second kappa shape index (κ2) is 9.99. The van der Waals surface area contributed by atoms with Gasteiger partial charge in [-0.15, -0.1) is 0 Å². The smallest absolute Gasteiger partial charge is 0.227 e. The van der Waals surface area contributed by atoms with Crippen LogP contribution in [0, 0.1) is 17.6 Å². The van der Waals surface area contributed by atoms with Gasteiger partial charge in [-0.05, 0) is 68.9 Å². The van der Waals surface area contributed by atoms with Crippen LogP contribution in [-0.4, -0.2) is 58.4 Å². The Morgan fingerprint density at radius 2 is 1.60 bits per heavy atom. The topological polar surface area (TPSA) is 26.6 Å². The molecule has 3 fully saturated rings. The average Bonchev–Trinajstić information content (AvgIpc) is 3.47. The van der Waals surface area contributed by atoms with Gasteiger partial charge in [-0.25, -0.2) is 8.78 Å². The van der Waals surface area contributed by atoms with E-state index < -0.39 is 11.6 Å². The molecule has 0 saturated carbocycles. The van der Waals surface area contributed by atoms with Crippen LogP contribution < -0.4 is 0 Å². The summed E-state index contributed by atoms with van der Waals surface area (Å²) in [5.74, 6) is -1.68. The van der Waals surface area contributed by atoms with Crippen molar-refractivity contribution in [3.63, 3.8) is 0 Å². The number of fused-ring (bicyclic) bond motifs is 5. The van der Waals surface area contributed by atoms with Gasteiger partial charge in [-0.3, -0.25) is 14.6 Å². The molecule has 6 atom stereocenters. The highest BCUT2D eigenvalue weighted by atomic mass is 19.1. The van der Waals surface area contributed by atoms with Gasteiger partial charge < -0.3 is 4.90 Å². The van der Waals surface area contributed by atoms with Crippen LogP contribution in [0.15, 0.2) is 72.8 Å². The highest BCUT2D eigenvalue weighted by Gasteiger charge is 2.68. The van der Waals surface area contributed by atoms with E-state index >= 15 is 4.39 Å². The standard InChI is InChI=1S/C36H41F2N3O/c1-23(24-10-6-5-7-11-24)41-32-27-12-8-9-13-30(27)36(33(32)41)16-18-39(19-17-36)34(42)29-22-40(35(2,3)4)21-28(29)26-15-14-25(37)20-31(26)38/h5-15,20,23,28-29,32-33H,16-19,21-22H2,1-4H3/t23-,28-,29+,32+,33+,41?/m0/s1. The summed E-state index contributed by atoms with van der Waals surface area (Å²) < 4.78 is 28.8. The third kappa shape index (κ3) is 4.32. The quantitative estimate of drug-likeness (QED) is 0.322. The van der Waals surface area contributed by atoms with E-state index in [2.05, 4.69) is 92.1 Å². The third-order valence-corrected chi connectivity index (χ3v) is 10.9. The maximum absolute atomic E-state index is 15.0. The first-order chi connectivity index (χ1) is 20.1. The van der Waals surface area contributed by atoms with Crippen LogP contribution in [-0.2, 0) is 10.2 Å². The SMILES string of the molecule is C[C@@H](c1ccccc1)N1[C@@H]2c3ccccc3C3(CCN(C(=O)[C@@H]4CN(C(C)(C)C)C[C@H]4c4ccc(F)cc4F)CC3)[C@@H]21. The Morgan fingerprint density at radius 1 is 0.905 bits per heavy atom. The Kier molecular flexibility index (Phi) is 6.59. The summed E-state index contributed by atoms with van der Waals surface area (Å²) in [5, 5.41) is 0. The Labute approximate surface area is 248 Å². The molecule has 0 aromatic heterocycles. The molecule has 220 valence electrons. The van der Waals surface area contributed by atoms with Gasteiger partial charge in [0.15, 0.2) is 0 Å². The largest absolute Gasteiger partial charge is 0.342 e. The molecule has 0 radical (unpaired) electrons. The van der Waals surface area contributed by atoms with Crippen LogP contribution in [0.2, 0.25) is 0 Å². The molecule has 4 aliphatic rings. The number of hydrogen-bond acceptors (Lipinski definition) is 3. The minimum atomic E-state index is -0.586. The van der Waals surface area contributed by atoms with E-state index in [0.29, 0.717) is 49.9 Å². The van der Waals surface area contributed by atoms with E-state index in [-0.39, 0.29) is 28.7 Å². The fourth-order valence-electron chi connectivity index (χ4n) is 8.56. The summed E-state index contributed by atoms with van der Waals surface area (Å²) in [6.45, 7) is 11.3. The lowest BCUT2D eigenvalue weighted by Gasteiger charge is -2.43. The number of benzene rings is 3. The van der Waals surface area contributed by atoms with Crippen LogP contribution in [0.25, 0.3) is 0 Å². The van der Waals surface area contributed by atoms with E-state index in [1.807, 2.05) is 4.90 Å².